The molecule has 1 aromatic carbocycles. The molecule has 264 valence electrons. The standard InChI is InChI=1S/C34H37ClN6O7S2/c1-19-18-49-30(36-19)25-14-27(24-11-8-20(17-42)28(35)29(24)37-25)48-22-13-26-31(43)40(2)12-6-4-3-5-7-21-15-34(21,38-33(45)41(26)16-22)32(44)39-50(46,47)23-9-10-23/h5,7-8,11,14,17-18,21-23,26H,3-4,6,9-10,12-13,15-16H2,1-2H3,(H,38,45)(H,39,44)/b7-5-/t21-,22+,26+,34-/m1/s1. The van der Waals surface area contributed by atoms with Crippen molar-refractivity contribution in [2.45, 2.75) is 74.8 Å². The summed E-state index contributed by atoms with van der Waals surface area (Å²) in [6.07, 6.45) is 7.45. The number of hydrogen-bond acceptors (Lipinski definition) is 10. The van der Waals surface area contributed by atoms with Crippen molar-refractivity contribution in [2.75, 3.05) is 20.1 Å². The van der Waals surface area contributed by atoms with Crippen LogP contribution in [0, 0.1) is 12.8 Å². The molecule has 4 aliphatic rings. The van der Waals surface area contributed by atoms with Crippen LogP contribution in [0.25, 0.3) is 21.6 Å². The van der Waals surface area contributed by atoms with Gasteiger partial charge in [-0.2, -0.15) is 0 Å². The first kappa shape index (κ1) is 34.4. The number of aryl methyl sites for hydroxylation is 1. The molecule has 4 atom stereocenters. The number of thiazole rings is 1. The molecule has 2 aliphatic carbocycles. The Hall–Kier alpha value is -4.08. The maximum atomic E-state index is 14.1. The van der Waals surface area contributed by atoms with Crippen LogP contribution < -0.4 is 14.8 Å². The first-order chi connectivity index (χ1) is 23.9. The van der Waals surface area contributed by atoms with Crippen molar-refractivity contribution in [1.29, 1.82) is 0 Å². The molecular formula is C34H37ClN6O7S2. The molecule has 3 fully saturated rings. The van der Waals surface area contributed by atoms with E-state index in [1.807, 2.05) is 24.5 Å². The van der Waals surface area contributed by atoms with Gasteiger partial charge in [0.05, 0.1) is 22.3 Å². The highest BCUT2D eigenvalue weighted by molar-refractivity contribution is 7.91. The summed E-state index contributed by atoms with van der Waals surface area (Å²) in [6, 6.07) is 3.44. The molecule has 0 unspecified atom stereocenters. The second kappa shape index (κ2) is 13.2. The van der Waals surface area contributed by atoms with E-state index in [1.54, 1.807) is 30.1 Å². The second-order valence-electron chi connectivity index (χ2n) is 13.5. The molecular weight excluding hydrogens is 704 g/mol. The molecule has 2 saturated carbocycles. The molecule has 1 saturated heterocycles. The van der Waals surface area contributed by atoms with Gasteiger partial charge in [-0.3, -0.25) is 19.1 Å². The Morgan fingerprint density at radius 3 is 2.74 bits per heavy atom. The van der Waals surface area contributed by atoms with Crippen LogP contribution in [0.15, 0.2) is 35.7 Å². The number of urea groups is 1. The van der Waals surface area contributed by atoms with Gasteiger partial charge in [0.1, 0.15) is 34.1 Å². The van der Waals surface area contributed by atoms with Crippen molar-refractivity contribution in [3.8, 4) is 16.5 Å². The normalized spacial score (nSPS) is 26.4. The van der Waals surface area contributed by atoms with E-state index in [1.165, 1.54) is 16.2 Å². The fourth-order valence-corrected chi connectivity index (χ4v) is 9.07. The Labute approximate surface area is 298 Å². The number of likely N-dealkylation sites (N-methyl/N-ethyl adjacent to an activating group) is 1. The van der Waals surface area contributed by atoms with Crippen LogP contribution in [0.2, 0.25) is 5.02 Å². The third kappa shape index (κ3) is 6.58. The first-order valence-corrected chi connectivity index (χ1v) is 19.4. The van der Waals surface area contributed by atoms with Gasteiger partial charge in [-0.1, -0.05) is 23.8 Å². The SMILES string of the molecule is Cc1csc(-c2cc(O[C@H]3C[C@H]4C(=O)N(C)CCCC/C=C\[C@@H]5C[C@@]5(C(=O)NS(=O)(=O)C5CC5)NC(=O)N4C3)c3ccc(C=O)c(Cl)c3n2)n1. The van der Waals surface area contributed by atoms with Crippen LogP contribution in [-0.4, -0.2) is 95.4 Å². The Morgan fingerprint density at radius 1 is 1.22 bits per heavy atom. The van der Waals surface area contributed by atoms with Gasteiger partial charge in [-0.25, -0.2) is 23.2 Å². The fourth-order valence-electron chi connectivity index (χ4n) is 6.70. The maximum Gasteiger partial charge on any atom is 0.319 e. The largest absolute Gasteiger partial charge is 0.488 e. The number of fused-ring (bicyclic) bond motifs is 3. The molecule has 0 bridgehead atoms. The number of rotatable bonds is 7. The van der Waals surface area contributed by atoms with Gasteiger partial charge in [-0.15, -0.1) is 11.3 Å². The number of aldehydes is 1. The molecule has 7 rings (SSSR count). The molecule has 2 aromatic heterocycles. The number of carbonyl (C=O) groups excluding carboxylic acids is 4. The van der Waals surface area contributed by atoms with Crippen molar-refractivity contribution in [3.63, 3.8) is 0 Å². The minimum Gasteiger partial charge on any atom is -0.488 e. The lowest BCUT2D eigenvalue weighted by atomic mass is 10.1. The van der Waals surface area contributed by atoms with Crippen molar-refractivity contribution in [3.05, 3.63) is 52.0 Å². The number of nitrogens with one attached hydrogen (secondary N) is 2. The van der Waals surface area contributed by atoms with E-state index in [4.69, 9.17) is 21.3 Å². The summed E-state index contributed by atoms with van der Waals surface area (Å²) >= 11 is 8.03. The lowest BCUT2D eigenvalue weighted by Gasteiger charge is -2.30. The quantitative estimate of drug-likeness (QED) is 0.266. The highest BCUT2D eigenvalue weighted by Gasteiger charge is 2.62. The Balaban J connectivity index is 1.21. The topological polar surface area (TPSA) is 168 Å². The van der Waals surface area contributed by atoms with Gasteiger partial charge in [0.15, 0.2) is 6.29 Å². The minimum atomic E-state index is -3.86. The minimum absolute atomic E-state index is 0.00429. The lowest BCUT2D eigenvalue weighted by Crippen LogP contribution is -2.57. The summed E-state index contributed by atoms with van der Waals surface area (Å²) in [7, 11) is -2.15. The Kier molecular flexibility index (Phi) is 9.10. The number of hydrogen-bond donors (Lipinski definition) is 2. The summed E-state index contributed by atoms with van der Waals surface area (Å²) in [5, 5.41) is 5.46. The third-order valence-corrected chi connectivity index (χ3v) is 13.0. The van der Waals surface area contributed by atoms with Gasteiger partial charge in [0, 0.05) is 54.0 Å². The summed E-state index contributed by atoms with van der Waals surface area (Å²) in [5.74, 6) is -1.04. The number of pyridine rings is 1. The maximum absolute atomic E-state index is 14.1. The van der Waals surface area contributed by atoms with E-state index in [0.717, 1.165) is 25.0 Å². The van der Waals surface area contributed by atoms with Crippen LogP contribution in [0.3, 0.4) is 0 Å². The van der Waals surface area contributed by atoms with E-state index < -0.39 is 50.8 Å². The smallest absolute Gasteiger partial charge is 0.319 e. The highest BCUT2D eigenvalue weighted by atomic mass is 35.5. The third-order valence-electron chi connectivity index (χ3n) is 9.79. The van der Waals surface area contributed by atoms with Crippen LogP contribution in [0.4, 0.5) is 4.79 Å². The van der Waals surface area contributed by atoms with Gasteiger partial charge in [0.2, 0.25) is 15.9 Å². The van der Waals surface area contributed by atoms with E-state index in [-0.39, 0.29) is 35.9 Å². The molecule has 13 nitrogen and oxygen atoms in total. The first-order valence-electron chi connectivity index (χ1n) is 16.6. The molecule has 16 heteroatoms. The average Bonchev–Trinajstić information content (AvgIpc) is 3.97. The lowest BCUT2D eigenvalue weighted by molar-refractivity contribution is -0.134. The van der Waals surface area contributed by atoms with Crippen molar-refractivity contribution in [1.82, 2.24) is 29.8 Å². The molecule has 50 heavy (non-hydrogen) atoms. The fraction of sp³-hybridized carbons (Fsp3) is 0.471. The molecule has 0 radical (unpaired) electrons. The molecule has 0 spiro atoms. The predicted molar refractivity (Wildman–Crippen MR) is 188 cm³/mol. The Morgan fingerprint density at radius 2 is 2.02 bits per heavy atom. The zero-order valence-electron chi connectivity index (χ0n) is 27.6. The zero-order valence-corrected chi connectivity index (χ0v) is 29.9. The number of benzene rings is 1. The summed E-state index contributed by atoms with van der Waals surface area (Å²) in [5.41, 5.74) is 0.452. The van der Waals surface area contributed by atoms with E-state index in [0.29, 0.717) is 53.0 Å². The molecule has 2 aliphatic heterocycles. The van der Waals surface area contributed by atoms with E-state index in [9.17, 15) is 27.6 Å². The summed E-state index contributed by atoms with van der Waals surface area (Å²) < 4.78 is 34.2. The molecule has 4 heterocycles. The zero-order chi connectivity index (χ0) is 35.4. The van der Waals surface area contributed by atoms with Crippen molar-refractivity contribution in [2.24, 2.45) is 5.92 Å². The van der Waals surface area contributed by atoms with E-state index in [2.05, 4.69) is 15.0 Å². The highest BCUT2D eigenvalue weighted by Crippen LogP contribution is 2.46. The van der Waals surface area contributed by atoms with Gasteiger partial charge >= 0.3 is 6.03 Å². The molecule has 3 aromatic rings. The number of allylic oxidation sites excluding steroid dienone is 1. The number of nitrogens with zero attached hydrogens (tertiary/aromatic N) is 4. The van der Waals surface area contributed by atoms with Crippen molar-refractivity contribution < 1.29 is 32.3 Å². The van der Waals surface area contributed by atoms with Gasteiger partial charge < -0.3 is 19.9 Å². The average molecular weight is 741 g/mol. The Bertz CT molecular complexity index is 2030. The number of aromatic nitrogens is 2. The number of carbonyl (C=O) groups is 4. The number of halogens is 1. The summed E-state index contributed by atoms with van der Waals surface area (Å²) in [4.78, 5) is 65.5. The van der Waals surface area contributed by atoms with Crippen molar-refractivity contribution >= 4 is 68.0 Å². The number of amides is 4. The molecule has 4 amide bonds. The van der Waals surface area contributed by atoms with Crippen LogP contribution >= 0.6 is 22.9 Å². The van der Waals surface area contributed by atoms with Crippen LogP contribution in [0.5, 0.6) is 5.75 Å². The number of sulfonamides is 1. The summed E-state index contributed by atoms with van der Waals surface area (Å²) in [6.45, 7) is 2.37. The van der Waals surface area contributed by atoms with Crippen LogP contribution in [0.1, 0.15) is 61.0 Å². The predicted octanol–water partition coefficient (Wildman–Crippen LogP) is 4.23. The monoisotopic (exact) mass is 740 g/mol. The second-order valence-corrected chi connectivity index (χ2v) is 16.7. The van der Waals surface area contributed by atoms with Crippen LogP contribution in [-0.2, 0) is 19.6 Å². The van der Waals surface area contributed by atoms with Gasteiger partial charge in [-0.05, 0) is 57.6 Å². The van der Waals surface area contributed by atoms with E-state index >= 15 is 0 Å². The number of ether oxygens (including phenoxy) is 1. The molecule has 2 N–H and O–H groups in total. The van der Waals surface area contributed by atoms with Gasteiger partial charge in [0.25, 0.3) is 5.91 Å².